The fourth-order valence-corrected chi connectivity index (χ4v) is 2.91. The number of rotatable bonds is 7. The van der Waals surface area contributed by atoms with Gasteiger partial charge in [0.2, 0.25) is 0 Å². The minimum Gasteiger partial charge on any atom is -0.481 e. The summed E-state index contributed by atoms with van der Waals surface area (Å²) in [5.74, 6) is -0.861. The molecule has 1 N–H and O–H groups in total. The van der Waals surface area contributed by atoms with Crippen molar-refractivity contribution in [2.75, 3.05) is 0 Å². The number of aliphatic carboxylic acids is 1. The zero-order valence-electron chi connectivity index (χ0n) is 14.4. The minimum atomic E-state index is -0.881. The van der Waals surface area contributed by atoms with Gasteiger partial charge in [-0.25, -0.2) is 9.37 Å². The van der Waals surface area contributed by atoms with Crippen molar-refractivity contribution in [1.29, 1.82) is 0 Å². The number of carboxylic acids is 1. The third kappa shape index (κ3) is 4.08. The van der Waals surface area contributed by atoms with Gasteiger partial charge in [-0.15, -0.1) is 0 Å². The maximum atomic E-state index is 13.3. The van der Waals surface area contributed by atoms with E-state index in [2.05, 4.69) is 4.98 Å². The number of unbranched alkanes of at least 4 members (excludes halogenated alkanes) is 1. The Morgan fingerprint density at radius 2 is 1.89 bits per heavy atom. The molecule has 0 saturated heterocycles. The summed E-state index contributed by atoms with van der Waals surface area (Å²) in [6, 6.07) is 10.1. The van der Waals surface area contributed by atoms with Gasteiger partial charge in [-0.05, 0) is 49.2 Å². The Morgan fingerprint density at radius 3 is 2.56 bits per heavy atom. The first-order valence-electron chi connectivity index (χ1n) is 8.48. The van der Waals surface area contributed by atoms with E-state index in [9.17, 15) is 18.8 Å². The number of hydrogen-bond donors (Lipinski definition) is 1. The van der Waals surface area contributed by atoms with E-state index in [1.54, 1.807) is 18.2 Å². The van der Waals surface area contributed by atoms with Crippen LogP contribution in [0.15, 0.2) is 47.3 Å². The van der Waals surface area contributed by atoms with Gasteiger partial charge in [-0.3, -0.25) is 19.0 Å². The van der Waals surface area contributed by atoms with E-state index in [1.807, 2.05) is 0 Å². The zero-order chi connectivity index (χ0) is 19.4. The Hall–Kier alpha value is -3.35. The van der Waals surface area contributed by atoms with Gasteiger partial charge in [0, 0.05) is 18.4 Å². The molecule has 1 heterocycles. The third-order valence-corrected chi connectivity index (χ3v) is 4.22. The van der Waals surface area contributed by atoms with Crippen molar-refractivity contribution in [1.82, 2.24) is 9.55 Å². The molecule has 6 nitrogen and oxygen atoms in total. The van der Waals surface area contributed by atoms with E-state index in [0.717, 1.165) is 0 Å². The quantitative estimate of drug-likeness (QED) is 0.511. The first kappa shape index (κ1) is 18.4. The molecule has 0 fully saturated rings. The summed E-state index contributed by atoms with van der Waals surface area (Å²) in [6.45, 7) is 0. The molecule has 2 aromatic carbocycles. The topological polar surface area (TPSA) is 89.3 Å². The van der Waals surface area contributed by atoms with Crippen LogP contribution in [0.4, 0.5) is 4.39 Å². The lowest BCUT2D eigenvalue weighted by Gasteiger charge is -2.14. The number of halogens is 1. The first-order chi connectivity index (χ1) is 13.0. The molecule has 0 unspecified atom stereocenters. The maximum absolute atomic E-state index is 13.3. The van der Waals surface area contributed by atoms with E-state index in [1.165, 1.54) is 28.8 Å². The predicted octanol–water partition coefficient (Wildman–Crippen LogP) is 3.13. The summed E-state index contributed by atoms with van der Waals surface area (Å²) < 4.78 is 14.7. The Labute approximate surface area is 153 Å². The van der Waals surface area contributed by atoms with Crippen molar-refractivity contribution < 1.29 is 19.1 Å². The highest BCUT2D eigenvalue weighted by atomic mass is 19.1. The lowest BCUT2D eigenvalue weighted by atomic mass is 10.1. The van der Waals surface area contributed by atoms with E-state index < -0.39 is 11.8 Å². The van der Waals surface area contributed by atoms with Crippen LogP contribution in [-0.2, 0) is 11.2 Å². The number of benzene rings is 2. The van der Waals surface area contributed by atoms with E-state index in [-0.39, 0.29) is 12.0 Å². The Kier molecular flexibility index (Phi) is 5.40. The molecule has 3 aromatic rings. The number of aromatic nitrogens is 2. The van der Waals surface area contributed by atoms with Crippen LogP contribution in [-0.4, -0.2) is 26.9 Å². The molecule has 0 aliphatic rings. The molecular formula is C20H17FN2O4. The molecule has 27 heavy (non-hydrogen) atoms. The summed E-state index contributed by atoms with van der Waals surface area (Å²) in [6.07, 6.45) is 2.06. The molecule has 7 heteroatoms. The molecule has 138 valence electrons. The number of hydrogen-bond acceptors (Lipinski definition) is 4. The smallest absolute Gasteiger partial charge is 0.303 e. The summed E-state index contributed by atoms with van der Waals surface area (Å²) in [5.41, 5.74) is 0.961. The summed E-state index contributed by atoms with van der Waals surface area (Å²) in [4.78, 5) is 39.2. The fraction of sp³-hybridized carbons (Fsp3) is 0.200. The standard InChI is InChI=1S/C20H17FN2O4/c21-14-6-8-15(9-7-14)23-18(3-1-2-4-19(25)26)22-17-11-13(12-24)5-10-16(17)20(23)27/h5-12H,1-4H2,(H,25,26). The van der Waals surface area contributed by atoms with Gasteiger partial charge in [-0.2, -0.15) is 0 Å². The summed E-state index contributed by atoms with van der Waals surface area (Å²) in [5, 5.41) is 9.12. The number of fused-ring (bicyclic) bond motifs is 1. The first-order valence-corrected chi connectivity index (χ1v) is 8.48. The van der Waals surface area contributed by atoms with E-state index >= 15 is 0 Å². The molecule has 0 amide bonds. The highest BCUT2D eigenvalue weighted by Gasteiger charge is 2.13. The van der Waals surface area contributed by atoms with Gasteiger partial charge in [-0.1, -0.05) is 6.07 Å². The van der Waals surface area contributed by atoms with Gasteiger partial charge < -0.3 is 5.11 Å². The summed E-state index contributed by atoms with van der Waals surface area (Å²) >= 11 is 0. The SMILES string of the molecule is O=Cc1ccc2c(=O)n(-c3ccc(F)cc3)c(CCCCC(=O)O)nc2c1. The maximum Gasteiger partial charge on any atom is 0.303 e. The van der Waals surface area contributed by atoms with Crippen LogP contribution in [0.25, 0.3) is 16.6 Å². The van der Waals surface area contributed by atoms with E-state index in [4.69, 9.17) is 5.11 Å². The Balaban J connectivity index is 2.11. The zero-order valence-corrected chi connectivity index (χ0v) is 14.4. The average molecular weight is 368 g/mol. The second-order valence-corrected chi connectivity index (χ2v) is 6.14. The number of carboxylic acid groups (broad SMARTS) is 1. The number of carbonyl (C=O) groups is 2. The Morgan fingerprint density at radius 1 is 1.15 bits per heavy atom. The number of aryl methyl sites for hydroxylation is 1. The molecule has 0 bridgehead atoms. The van der Waals surface area contributed by atoms with Gasteiger partial charge in [0.1, 0.15) is 17.9 Å². The van der Waals surface area contributed by atoms with Crippen molar-refractivity contribution in [3.8, 4) is 5.69 Å². The van der Waals surface area contributed by atoms with Gasteiger partial charge in [0.25, 0.3) is 5.56 Å². The van der Waals surface area contributed by atoms with Gasteiger partial charge in [0.15, 0.2) is 0 Å². The van der Waals surface area contributed by atoms with Crippen molar-refractivity contribution in [3.05, 3.63) is 70.0 Å². The normalized spacial score (nSPS) is 10.9. The molecular weight excluding hydrogens is 351 g/mol. The van der Waals surface area contributed by atoms with Crippen LogP contribution >= 0.6 is 0 Å². The van der Waals surface area contributed by atoms with Crippen LogP contribution in [0.5, 0.6) is 0 Å². The largest absolute Gasteiger partial charge is 0.481 e. The van der Waals surface area contributed by atoms with Crippen LogP contribution in [0.1, 0.15) is 35.4 Å². The van der Waals surface area contributed by atoms with E-state index in [0.29, 0.717) is 53.5 Å². The van der Waals surface area contributed by atoms with Crippen LogP contribution in [0.2, 0.25) is 0 Å². The minimum absolute atomic E-state index is 0.0314. The van der Waals surface area contributed by atoms with Crippen molar-refractivity contribution in [2.45, 2.75) is 25.7 Å². The highest BCUT2D eigenvalue weighted by Crippen LogP contribution is 2.16. The third-order valence-electron chi connectivity index (χ3n) is 4.22. The number of nitrogens with zero attached hydrogens (tertiary/aromatic N) is 2. The molecule has 0 spiro atoms. The Bertz CT molecular complexity index is 1060. The van der Waals surface area contributed by atoms with Crippen LogP contribution in [0.3, 0.4) is 0 Å². The summed E-state index contributed by atoms with van der Waals surface area (Å²) in [7, 11) is 0. The van der Waals surface area contributed by atoms with Crippen LogP contribution < -0.4 is 5.56 Å². The molecule has 1 aromatic heterocycles. The second kappa shape index (κ2) is 7.90. The second-order valence-electron chi connectivity index (χ2n) is 6.14. The molecule has 3 rings (SSSR count). The van der Waals surface area contributed by atoms with Gasteiger partial charge >= 0.3 is 5.97 Å². The van der Waals surface area contributed by atoms with Crippen molar-refractivity contribution in [3.63, 3.8) is 0 Å². The lowest BCUT2D eigenvalue weighted by molar-refractivity contribution is -0.137. The number of carbonyl (C=O) groups excluding carboxylic acids is 1. The lowest BCUT2D eigenvalue weighted by Crippen LogP contribution is -2.24. The molecule has 0 radical (unpaired) electrons. The van der Waals surface area contributed by atoms with Gasteiger partial charge in [0.05, 0.1) is 16.6 Å². The van der Waals surface area contributed by atoms with Crippen LogP contribution in [0, 0.1) is 5.82 Å². The molecule has 0 saturated carbocycles. The van der Waals surface area contributed by atoms with Crippen molar-refractivity contribution >= 4 is 23.2 Å². The highest BCUT2D eigenvalue weighted by molar-refractivity contribution is 5.86. The van der Waals surface area contributed by atoms with Crippen molar-refractivity contribution in [2.24, 2.45) is 0 Å². The number of aldehydes is 1. The predicted molar refractivity (Wildman–Crippen MR) is 97.9 cm³/mol. The molecule has 0 aliphatic carbocycles. The molecule has 0 aliphatic heterocycles. The monoisotopic (exact) mass is 368 g/mol. The molecule has 0 atom stereocenters. The average Bonchev–Trinajstić information content (AvgIpc) is 2.66. The fourth-order valence-electron chi connectivity index (χ4n) is 2.91.